The lowest BCUT2D eigenvalue weighted by atomic mass is 10.1. The van der Waals surface area contributed by atoms with Crippen LogP contribution in [-0.2, 0) is 13.0 Å². The summed E-state index contributed by atoms with van der Waals surface area (Å²) in [6.07, 6.45) is 1.03. The number of nitrogens with one attached hydrogen (secondary N) is 1. The van der Waals surface area contributed by atoms with Crippen molar-refractivity contribution < 1.29 is 4.79 Å². The Kier molecular flexibility index (Phi) is 4.85. The minimum atomic E-state index is -0.0996. The van der Waals surface area contributed by atoms with Gasteiger partial charge < -0.3 is 16.0 Å². The fourth-order valence-electron chi connectivity index (χ4n) is 2.10. The first-order chi connectivity index (χ1) is 10.0. The fraction of sp³-hybridized carbons (Fsp3) is 0.312. The van der Waals surface area contributed by atoms with Gasteiger partial charge in [0.25, 0.3) is 5.91 Å². The molecule has 0 saturated carbocycles. The Morgan fingerprint density at radius 1 is 1.24 bits per heavy atom. The summed E-state index contributed by atoms with van der Waals surface area (Å²) in [5.41, 5.74) is 7.86. The van der Waals surface area contributed by atoms with Gasteiger partial charge in [-0.3, -0.25) is 4.79 Å². The highest BCUT2D eigenvalue weighted by atomic mass is 32.1. The van der Waals surface area contributed by atoms with Crippen molar-refractivity contribution >= 4 is 28.6 Å². The second kappa shape index (κ2) is 6.63. The molecule has 1 aromatic carbocycles. The smallest absolute Gasteiger partial charge is 0.253 e. The van der Waals surface area contributed by atoms with E-state index in [2.05, 4.69) is 24.4 Å². The van der Waals surface area contributed by atoms with Crippen molar-refractivity contribution in [3.8, 4) is 0 Å². The average Bonchev–Trinajstić information content (AvgIpc) is 2.92. The van der Waals surface area contributed by atoms with Crippen LogP contribution in [0.2, 0.25) is 0 Å². The SMILES string of the molecule is CCc1ccc(CNC(=O)c2cc(N)ccc2N(C)C)s1. The molecule has 0 unspecified atom stereocenters. The van der Waals surface area contributed by atoms with Crippen LogP contribution in [0.15, 0.2) is 30.3 Å². The van der Waals surface area contributed by atoms with Gasteiger partial charge in [0.05, 0.1) is 12.1 Å². The molecule has 0 aliphatic carbocycles. The van der Waals surface area contributed by atoms with Crippen LogP contribution in [0.4, 0.5) is 11.4 Å². The predicted molar refractivity (Wildman–Crippen MR) is 90.0 cm³/mol. The van der Waals surface area contributed by atoms with Gasteiger partial charge in [-0.05, 0) is 36.8 Å². The predicted octanol–water partition coefficient (Wildman–Crippen LogP) is 2.89. The summed E-state index contributed by atoms with van der Waals surface area (Å²) in [6, 6.07) is 9.56. The second-order valence-electron chi connectivity index (χ2n) is 5.08. The molecular weight excluding hydrogens is 282 g/mol. The van der Waals surface area contributed by atoms with Crippen molar-refractivity contribution in [2.24, 2.45) is 0 Å². The minimum absolute atomic E-state index is 0.0996. The molecule has 0 fully saturated rings. The van der Waals surface area contributed by atoms with Crippen LogP contribution in [0.25, 0.3) is 0 Å². The fourth-order valence-corrected chi connectivity index (χ4v) is 2.99. The molecule has 0 aliphatic heterocycles. The van der Waals surface area contributed by atoms with Crippen LogP contribution in [0.3, 0.4) is 0 Å². The number of carbonyl (C=O) groups excluding carboxylic acids is 1. The zero-order chi connectivity index (χ0) is 15.4. The molecule has 2 rings (SSSR count). The van der Waals surface area contributed by atoms with Crippen LogP contribution < -0.4 is 16.0 Å². The zero-order valence-corrected chi connectivity index (χ0v) is 13.5. The van der Waals surface area contributed by atoms with E-state index in [4.69, 9.17) is 5.73 Å². The first-order valence-electron chi connectivity index (χ1n) is 6.94. The van der Waals surface area contributed by atoms with Gasteiger partial charge >= 0.3 is 0 Å². The molecule has 4 nitrogen and oxygen atoms in total. The van der Waals surface area contributed by atoms with Crippen molar-refractivity contribution in [1.29, 1.82) is 0 Å². The van der Waals surface area contributed by atoms with Crippen LogP contribution in [0.5, 0.6) is 0 Å². The first kappa shape index (κ1) is 15.4. The normalized spacial score (nSPS) is 10.4. The molecule has 1 heterocycles. The number of nitrogens with two attached hydrogens (primary N) is 1. The van der Waals surface area contributed by atoms with E-state index in [0.717, 1.165) is 17.0 Å². The van der Waals surface area contributed by atoms with Gasteiger partial charge in [0.15, 0.2) is 0 Å². The molecule has 0 spiro atoms. The van der Waals surface area contributed by atoms with E-state index >= 15 is 0 Å². The number of amides is 1. The molecule has 21 heavy (non-hydrogen) atoms. The van der Waals surface area contributed by atoms with E-state index in [0.29, 0.717) is 17.8 Å². The molecular formula is C16H21N3OS. The monoisotopic (exact) mass is 303 g/mol. The van der Waals surface area contributed by atoms with E-state index in [1.165, 1.54) is 4.88 Å². The Labute approximate surface area is 129 Å². The number of benzene rings is 1. The van der Waals surface area contributed by atoms with Crippen molar-refractivity contribution in [1.82, 2.24) is 5.32 Å². The summed E-state index contributed by atoms with van der Waals surface area (Å²) in [7, 11) is 3.82. The third-order valence-electron chi connectivity index (χ3n) is 3.24. The molecule has 112 valence electrons. The average molecular weight is 303 g/mol. The van der Waals surface area contributed by atoms with E-state index in [1.54, 1.807) is 23.5 Å². The number of thiophene rings is 1. The Morgan fingerprint density at radius 2 is 1.95 bits per heavy atom. The largest absolute Gasteiger partial charge is 0.399 e. The lowest BCUT2D eigenvalue weighted by Crippen LogP contribution is -2.25. The Hall–Kier alpha value is -2.01. The van der Waals surface area contributed by atoms with E-state index in [9.17, 15) is 4.79 Å². The summed E-state index contributed by atoms with van der Waals surface area (Å²) in [5.74, 6) is -0.0996. The molecule has 1 aromatic heterocycles. The molecule has 0 radical (unpaired) electrons. The summed E-state index contributed by atoms with van der Waals surface area (Å²) >= 11 is 1.73. The number of aryl methyl sites for hydroxylation is 1. The maximum absolute atomic E-state index is 12.4. The molecule has 3 N–H and O–H groups in total. The van der Waals surface area contributed by atoms with Gasteiger partial charge in [-0.1, -0.05) is 6.92 Å². The van der Waals surface area contributed by atoms with Crippen molar-refractivity contribution in [3.05, 3.63) is 45.6 Å². The number of nitrogen functional groups attached to an aromatic ring is 1. The van der Waals surface area contributed by atoms with Gasteiger partial charge in [-0.25, -0.2) is 0 Å². The van der Waals surface area contributed by atoms with E-state index < -0.39 is 0 Å². The maximum atomic E-state index is 12.4. The van der Waals surface area contributed by atoms with Crippen LogP contribution in [-0.4, -0.2) is 20.0 Å². The molecule has 0 bridgehead atoms. The lowest BCUT2D eigenvalue weighted by molar-refractivity contribution is 0.0952. The maximum Gasteiger partial charge on any atom is 0.253 e. The standard InChI is InChI=1S/C16H21N3OS/c1-4-12-6-7-13(21-12)10-18-16(20)14-9-11(17)5-8-15(14)19(2)3/h5-9H,4,10,17H2,1-3H3,(H,18,20). The highest BCUT2D eigenvalue weighted by Gasteiger charge is 2.13. The molecule has 2 aromatic rings. The van der Waals surface area contributed by atoms with Crippen molar-refractivity contribution in [3.63, 3.8) is 0 Å². The van der Waals surface area contributed by atoms with Gasteiger partial charge in [0, 0.05) is 35.2 Å². The summed E-state index contributed by atoms with van der Waals surface area (Å²) in [6.45, 7) is 2.68. The molecule has 0 atom stereocenters. The van der Waals surface area contributed by atoms with Gasteiger partial charge in [0.1, 0.15) is 0 Å². The summed E-state index contributed by atoms with van der Waals surface area (Å²) in [5, 5.41) is 2.96. The zero-order valence-electron chi connectivity index (χ0n) is 12.6. The Balaban J connectivity index is 2.11. The van der Waals surface area contributed by atoms with Crippen LogP contribution in [0.1, 0.15) is 27.0 Å². The number of hydrogen-bond donors (Lipinski definition) is 2. The first-order valence-corrected chi connectivity index (χ1v) is 7.75. The quantitative estimate of drug-likeness (QED) is 0.835. The Morgan fingerprint density at radius 3 is 2.57 bits per heavy atom. The summed E-state index contributed by atoms with van der Waals surface area (Å²) in [4.78, 5) is 16.8. The number of rotatable bonds is 5. The van der Waals surface area contributed by atoms with Gasteiger partial charge in [0.2, 0.25) is 0 Å². The van der Waals surface area contributed by atoms with Gasteiger partial charge in [-0.2, -0.15) is 0 Å². The minimum Gasteiger partial charge on any atom is -0.399 e. The number of anilines is 2. The topological polar surface area (TPSA) is 58.4 Å². The van der Waals surface area contributed by atoms with E-state index in [1.807, 2.05) is 25.1 Å². The van der Waals surface area contributed by atoms with Gasteiger partial charge in [-0.15, -0.1) is 11.3 Å². The molecule has 5 heteroatoms. The Bertz CT molecular complexity index is 634. The summed E-state index contributed by atoms with van der Waals surface area (Å²) < 4.78 is 0. The second-order valence-corrected chi connectivity index (χ2v) is 6.33. The van der Waals surface area contributed by atoms with Crippen LogP contribution >= 0.6 is 11.3 Å². The van der Waals surface area contributed by atoms with Crippen molar-refractivity contribution in [2.45, 2.75) is 19.9 Å². The third-order valence-corrected chi connectivity index (χ3v) is 4.47. The van der Waals surface area contributed by atoms with Crippen LogP contribution in [0, 0.1) is 0 Å². The molecule has 0 saturated heterocycles. The number of hydrogen-bond acceptors (Lipinski definition) is 4. The number of carbonyl (C=O) groups is 1. The van der Waals surface area contributed by atoms with Crippen molar-refractivity contribution in [2.75, 3.05) is 24.7 Å². The number of nitrogens with zero attached hydrogens (tertiary/aromatic N) is 1. The highest BCUT2D eigenvalue weighted by molar-refractivity contribution is 7.11. The lowest BCUT2D eigenvalue weighted by Gasteiger charge is -2.17. The highest BCUT2D eigenvalue weighted by Crippen LogP contribution is 2.22. The third kappa shape index (κ3) is 3.76. The van der Waals surface area contributed by atoms with E-state index in [-0.39, 0.29) is 5.91 Å². The molecule has 0 aliphatic rings. The molecule has 1 amide bonds.